The predicted octanol–water partition coefficient (Wildman–Crippen LogP) is 1.81. The van der Waals surface area contributed by atoms with Gasteiger partial charge in [0.25, 0.3) is 5.69 Å². The van der Waals surface area contributed by atoms with Crippen LogP contribution >= 0.6 is 0 Å². The number of esters is 1. The summed E-state index contributed by atoms with van der Waals surface area (Å²) in [6.07, 6.45) is 0. The molecule has 0 aliphatic heterocycles. The fourth-order valence-electron chi connectivity index (χ4n) is 1.73. The maximum absolute atomic E-state index is 11.3. The third kappa shape index (κ3) is 3.27. The van der Waals surface area contributed by atoms with Crippen molar-refractivity contribution in [3.05, 3.63) is 39.9 Å². The molecule has 1 aromatic carbocycles. The van der Waals surface area contributed by atoms with E-state index in [9.17, 15) is 14.9 Å². The molecule has 0 saturated carbocycles. The van der Waals surface area contributed by atoms with E-state index in [2.05, 4.69) is 10.1 Å². The molecule has 6 heteroatoms. The molecule has 0 fully saturated rings. The van der Waals surface area contributed by atoms with Crippen LogP contribution in [0.1, 0.15) is 25.5 Å². The van der Waals surface area contributed by atoms with E-state index in [0.717, 1.165) is 0 Å². The molecule has 1 rings (SSSR count). The van der Waals surface area contributed by atoms with Gasteiger partial charge in [-0.2, -0.15) is 0 Å². The van der Waals surface area contributed by atoms with Gasteiger partial charge in [0.15, 0.2) is 0 Å². The number of nitro groups is 1. The molecule has 0 bridgehead atoms. The molecule has 1 aromatic rings. The Labute approximate surface area is 105 Å². The number of methoxy groups -OCH3 is 1. The Morgan fingerprint density at radius 1 is 1.39 bits per heavy atom. The molecule has 0 saturated heterocycles. The van der Waals surface area contributed by atoms with Gasteiger partial charge in [-0.1, -0.05) is 18.2 Å². The second-order valence-corrected chi connectivity index (χ2v) is 3.95. The van der Waals surface area contributed by atoms with Crippen LogP contribution in [0.15, 0.2) is 24.3 Å². The van der Waals surface area contributed by atoms with Crippen LogP contribution in [0.4, 0.5) is 5.69 Å². The molecule has 0 aromatic heterocycles. The normalized spacial score (nSPS) is 13.7. The number of nitrogens with one attached hydrogen (secondary N) is 1. The minimum absolute atomic E-state index is 0.0366. The molecule has 0 amide bonds. The van der Waals surface area contributed by atoms with Crippen LogP contribution < -0.4 is 5.32 Å². The molecule has 2 atom stereocenters. The lowest BCUT2D eigenvalue weighted by Gasteiger charge is -2.18. The maximum Gasteiger partial charge on any atom is 0.322 e. The van der Waals surface area contributed by atoms with Gasteiger partial charge < -0.3 is 4.74 Å². The van der Waals surface area contributed by atoms with Gasteiger partial charge in [-0.25, -0.2) is 0 Å². The summed E-state index contributed by atoms with van der Waals surface area (Å²) >= 11 is 0. The van der Waals surface area contributed by atoms with Gasteiger partial charge in [0.05, 0.1) is 12.0 Å². The third-order valence-corrected chi connectivity index (χ3v) is 2.65. The van der Waals surface area contributed by atoms with Crippen molar-refractivity contribution in [3.8, 4) is 0 Å². The standard InChI is InChI=1S/C12H16N2O4/c1-8(13-9(2)12(15)18-3)10-6-4-5-7-11(10)14(16)17/h4-9,13H,1-3H3. The van der Waals surface area contributed by atoms with Gasteiger partial charge in [0, 0.05) is 17.7 Å². The van der Waals surface area contributed by atoms with Gasteiger partial charge in [-0.15, -0.1) is 0 Å². The molecule has 0 heterocycles. The van der Waals surface area contributed by atoms with Crippen LogP contribution in [-0.2, 0) is 9.53 Å². The van der Waals surface area contributed by atoms with Crippen LogP contribution in [0.25, 0.3) is 0 Å². The summed E-state index contributed by atoms with van der Waals surface area (Å²) in [4.78, 5) is 21.7. The smallest absolute Gasteiger partial charge is 0.322 e. The Morgan fingerprint density at radius 2 is 2.00 bits per heavy atom. The predicted molar refractivity (Wildman–Crippen MR) is 66.1 cm³/mol. The molecule has 6 nitrogen and oxygen atoms in total. The molecule has 0 radical (unpaired) electrons. The van der Waals surface area contributed by atoms with Gasteiger partial charge in [0.2, 0.25) is 0 Å². The molecular formula is C12H16N2O4. The Bertz CT molecular complexity index is 447. The number of benzene rings is 1. The van der Waals surface area contributed by atoms with Gasteiger partial charge in [-0.05, 0) is 13.8 Å². The van der Waals surface area contributed by atoms with E-state index in [1.165, 1.54) is 13.2 Å². The van der Waals surface area contributed by atoms with E-state index < -0.39 is 16.9 Å². The summed E-state index contributed by atoms with van der Waals surface area (Å²) in [6.45, 7) is 3.42. The van der Waals surface area contributed by atoms with E-state index in [-0.39, 0.29) is 11.7 Å². The second kappa shape index (κ2) is 6.11. The lowest BCUT2D eigenvalue weighted by atomic mass is 10.1. The maximum atomic E-state index is 11.3. The van der Waals surface area contributed by atoms with Crippen molar-refractivity contribution in [2.45, 2.75) is 25.9 Å². The first kappa shape index (κ1) is 14.1. The molecular weight excluding hydrogens is 236 g/mol. The number of carbonyl (C=O) groups excluding carboxylic acids is 1. The number of nitro benzene ring substituents is 1. The first-order valence-electron chi connectivity index (χ1n) is 5.54. The summed E-state index contributed by atoms with van der Waals surface area (Å²) in [6, 6.07) is 5.60. The number of nitrogens with zero attached hydrogens (tertiary/aromatic N) is 1. The van der Waals surface area contributed by atoms with Gasteiger partial charge in [0.1, 0.15) is 6.04 Å². The average Bonchev–Trinajstić information content (AvgIpc) is 2.37. The van der Waals surface area contributed by atoms with Crippen molar-refractivity contribution < 1.29 is 14.5 Å². The van der Waals surface area contributed by atoms with Gasteiger partial charge in [-0.3, -0.25) is 20.2 Å². The van der Waals surface area contributed by atoms with Crippen molar-refractivity contribution >= 4 is 11.7 Å². The molecule has 0 spiro atoms. The Kier molecular flexibility index (Phi) is 4.79. The van der Waals surface area contributed by atoms with Crippen LogP contribution in [0, 0.1) is 10.1 Å². The van der Waals surface area contributed by atoms with Crippen molar-refractivity contribution in [2.75, 3.05) is 7.11 Å². The first-order valence-corrected chi connectivity index (χ1v) is 5.54. The van der Waals surface area contributed by atoms with Crippen LogP contribution in [-0.4, -0.2) is 24.0 Å². The van der Waals surface area contributed by atoms with Crippen molar-refractivity contribution in [3.63, 3.8) is 0 Å². The Balaban J connectivity index is 2.87. The topological polar surface area (TPSA) is 81.5 Å². The molecule has 0 aliphatic rings. The van der Waals surface area contributed by atoms with E-state index in [4.69, 9.17) is 0 Å². The highest BCUT2D eigenvalue weighted by Crippen LogP contribution is 2.24. The van der Waals surface area contributed by atoms with E-state index >= 15 is 0 Å². The highest BCUT2D eigenvalue weighted by Gasteiger charge is 2.22. The largest absolute Gasteiger partial charge is 0.468 e. The van der Waals surface area contributed by atoms with Gasteiger partial charge >= 0.3 is 5.97 Å². The highest BCUT2D eigenvalue weighted by molar-refractivity contribution is 5.75. The third-order valence-electron chi connectivity index (χ3n) is 2.65. The number of hydrogen-bond acceptors (Lipinski definition) is 5. The Morgan fingerprint density at radius 3 is 2.56 bits per heavy atom. The summed E-state index contributed by atoms with van der Waals surface area (Å²) in [5.74, 6) is -0.402. The fraction of sp³-hybridized carbons (Fsp3) is 0.417. The minimum atomic E-state index is -0.523. The first-order chi connectivity index (χ1) is 8.47. The molecule has 1 N–H and O–H groups in total. The summed E-state index contributed by atoms with van der Waals surface area (Å²) < 4.78 is 4.59. The van der Waals surface area contributed by atoms with Crippen LogP contribution in [0.3, 0.4) is 0 Å². The van der Waals surface area contributed by atoms with Crippen LogP contribution in [0.2, 0.25) is 0 Å². The zero-order chi connectivity index (χ0) is 13.7. The van der Waals surface area contributed by atoms with E-state index in [1.807, 2.05) is 0 Å². The molecule has 18 heavy (non-hydrogen) atoms. The number of carbonyl (C=O) groups is 1. The number of rotatable bonds is 5. The lowest BCUT2D eigenvalue weighted by Crippen LogP contribution is -2.36. The van der Waals surface area contributed by atoms with Crippen LogP contribution in [0.5, 0.6) is 0 Å². The summed E-state index contributed by atoms with van der Waals surface area (Å²) in [5.41, 5.74) is 0.577. The van der Waals surface area contributed by atoms with E-state index in [0.29, 0.717) is 5.56 Å². The zero-order valence-corrected chi connectivity index (χ0v) is 10.5. The monoisotopic (exact) mass is 252 g/mol. The molecule has 0 aliphatic carbocycles. The number of hydrogen-bond donors (Lipinski definition) is 1. The highest BCUT2D eigenvalue weighted by atomic mass is 16.6. The molecule has 2 unspecified atom stereocenters. The lowest BCUT2D eigenvalue weighted by molar-refractivity contribution is -0.385. The number of para-hydroxylation sites is 1. The second-order valence-electron chi connectivity index (χ2n) is 3.95. The average molecular weight is 252 g/mol. The zero-order valence-electron chi connectivity index (χ0n) is 10.5. The SMILES string of the molecule is COC(=O)C(C)NC(C)c1ccccc1[N+](=O)[O-]. The van der Waals surface area contributed by atoms with Crippen molar-refractivity contribution in [1.29, 1.82) is 0 Å². The van der Waals surface area contributed by atoms with Crippen molar-refractivity contribution in [2.24, 2.45) is 0 Å². The minimum Gasteiger partial charge on any atom is -0.468 e. The summed E-state index contributed by atoms with van der Waals surface area (Å²) in [5, 5.41) is 13.9. The number of ether oxygens (including phenoxy) is 1. The van der Waals surface area contributed by atoms with Crippen molar-refractivity contribution in [1.82, 2.24) is 5.32 Å². The Hall–Kier alpha value is -1.95. The summed E-state index contributed by atoms with van der Waals surface area (Å²) in [7, 11) is 1.30. The quantitative estimate of drug-likeness (QED) is 0.491. The molecule has 98 valence electrons. The van der Waals surface area contributed by atoms with E-state index in [1.54, 1.807) is 32.0 Å². The fourth-order valence-corrected chi connectivity index (χ4v) is 1.73.